The van der Waals surface area contributed by atoms with Crippen LogP contribution < -0.4 is 10.5 Å². The Hall–Kier alpha value is -1.23. The van der Waals surface area contributed by atoms with Crippen molar-refractivity contribution >= 4 is 27.9 Å². The number of rotatable bonds is 2. The molecule has 0 bridgehead atoms. The summed E-state index contributed by atoms with van der Waals surface area (Å²) in [5.74, 6) is 0.0677. The zero-order valence-electron chi connectivity index (χ0n) is 6.87. The molecule has 0 aromatic heterocycles. The third-order valence-corrected chi connectivity index (χ3v) is 2.19. The molecule has 0 aliphatic rings. The van der Waals surface area contributed by atoms with Crippen molar-refractivity contribution in [2.75, 3.05) is 12.8 Å². The molecular weight excluding hydrogens is 238 g/mol. The highest BCUT2D eigenvalue weighted by Gasteiger charge is 2.13. The fourth-order valence-corrected chi connectivity index (χ4v) is 1.58. The van der Waals surface area contributed by atoms with Gasteiger partial charge >= 0.3 is 0 Å². The van der Waals surface area contributed by atoms with Crippen molar-refractivity contribution in [3.63, 3.8) is 0 Å². The number of nitrogens with two attached hydrogens (primary N) is 1. The monoisotopic (exact) mass is 245 g/mol. The van der Waals surface area contributed by atoms with Gasteiger partial charge in [-0.1, -0.05) is 0 Å². The number of aromatic hydroxyl groups is 1. The summed E-state index contributed by atoms with van der Waals surface area (Å²) in [4.78, 5) is 10.5. The molecule has 0 amide bonds. The first kappa shape index (κ1) is 9.85. The smallest absolute Gasteiger partial charge is 0.159 e. The SMILES string of the molecule is COc1c(Br)cc(C=O)c(O)c1N. The van der Waals surface area contributed by atoms with Crippen LogP contribution >= 0.6 is 15.9 Å². The quantitative estimate of drug-likeness (QED) is 0.471. The van der Waals surface area contributed by atoms with E-state index in [-0.39, 0.29) is 17.0 Å². The molecule has 0 heterocycles. The van der Waals surface area contributed by atoms with Gasteiger partial charge in [0.05, 0.1) is 17.1 Å². The van der Waals surface area contributed by atoms with Gasteiger partial charge in [-0.25, -0.2) is 0 Å². The van der Waals surface area contributed by atoms with Crippen LogP contribution in [0.1, 0.15) is 10.4 Å². The summed E-state index contributed by atoms with van der Waals surface area (Å²) in [7, 11) is 1.43. The first-order chi connectivity index (χ1) is 6.11. The molecule has 13 heavy (non-hydrogen) atoms. The number of phenols is 1. The number of hydrogen-bond donors (Lipinski definition) is 2. The number of ether oxygens (including phenoxy) is 1. The van der Waals surface area contributed by atoms with E-state index >= 15 is 0 Å². The second-order valence-corrected chi connectivity index (χ2v) is 3.22. The first-order valence-corrected chi connectivity index (χ1v) is 4.21. The van der Waals surface area contributed by atoms with Gasteiger partial charge in [0.2, 0.25) is 0 Å². The zero-order valence-corrected chi connectivity index (χ0v) is 8.46. The lowest BCUT2D eigenvalue weighted by atomic mass is 10.2. The van der Waals surface area contributed by atoms with Crippen molar-refractivity contribution in [2.45, 2.75) is 0 Å². The van der Waals surface area contributed by atoms with E-state index in [1.807, 2.05) is 0 Å². The Morgan fingerprint density at radius 1 is 1.69 bits per heavy atom. The number of anilines is 1. The average Bonchev–Trinajstić information content (AvgIpc) is 2.12. The van der Waals surface area contributed by atoms with E-state index in [1.54, 1.807) is 0 Å². The lowest BCUT2D eigenvalue weighted by molar-refractivity contribution is 0.112. The van der Waals surface area contributed by atoms with Gasteiger partial charge in [0.25, 0.3) is 0 Å². The van der Waals surface area contributed by atoms with E-state index in [1.165, 1.54) is 13.2 Å². The van der Waals surface area contributed by atoms with Crippen LogP contribution in [-0.4, -0.2) is 18.5 Å². The van der Waals surface area contributed by atoms with Gasteiger partial charge in [-0.2, -0.15) is 0 Å². The summed E-state index contributed by atoms with van der Waals surface area (Å²) < 4.78 is 5.44. The lowest BCUT2D eigenvalue weighted by Crippen LogP contribution is -1.96. The van der Waals surface area contributed by atoms with E-state index < -0.39 is 0 Å². The zero-order chi connectivity index (χ0) is 10.0. The highest BCUT2D eigenvalue weighted by Crippen LogP contribution is 2.39. The maximum atomic E-state index is 10.5. The van der Waals surface area contributed by atoms with Crippen molar-refractivity contribution < 1.29 is 14.6 Å². The van der Waals surface area contributed by atoms with Crippen LogP contribution in [0.2, 0.25) is 0 Å². The maximum absolute atomic E-state index is 10.5. The molecule has 0 aliphatic carbocycles. The fourth-order valence-electron chi connectivity index (χ4n) is 0.959. The van der Waals surface area contributed by atoms with E-state index in [4.69, 9.17) is 10.5 Å². The normalized spacial score (nSPS) is 9.69. The molecule has 0 saturated heterocycles. The van der Waals surface area contributed by atoms with Crippen LogP contribution in [0.5, 0.6) is 11.5 Å². The predicted molar refractivity (Wildman–Crippen MR) is 52.2 cm³/mol. The van der Waals surface area contributed by atoms with Crippen molar-refractivity contribution in [1.29, 1.82) is 0 Å². The van der Waals surface area contributed by atoms with Crippen molar-refractivity contribution in [3.05, 3.63) is 16.1 Å². The van der Waals surface area contributed by atoms with Crippen LogP contribution in [0.15, 0.2) is 10.5 Å². The molecule has 0 unspecified atom stereocenters. The summed E-state index contributed by atoms with van der Waals surface area (Å²) in [5, 5.41) is 9.38. The Morgan fingerprint density at radius 2 is 2.31 bits per heavy atom. The summed E-state index contributed by atoms with van der Waals surface area (Å²) >= 11 is 3.16. The number of aldehydes is 1. The molecule has 0 aliphatic heterocycles. The van der Waals surface area contributed by atoms with E-state index in [9.17, 15) is 9.90 Å². The minimum atomic E-state index is -0.255. The average molecular weight is 246 g/mol. The number of benzene rings is 1. The minimum Gasteiger partial charge on any atom is -0.505 e. The number of nitrogen functional groups attached to an aromatic ring is 1. The van der Waals surface area contributed by atoms with Gasteiger partial charge < -0.3 is 15.6 Å². The Kier molecular flexibility index (Phi) is 2.77. The van der Waals surface area contributed by atoms with E-state index in [0.717, 1.165) is 0 Å². The summed E-state index contributed by atoms with van der Waals surface area (Å²) in [6.07, 6.45) is 0.524. The first-order valence-electron chi connectivity index (χ1n) is 3.42. The predicted octanol–water partition coefficient (Wildman–Crippen LogP) is 1.56. The Morgan fingerprint density at radius 3 is 2.77 bits per heavy atom. The number of phenolic OH excluding ortho intramolecular Hbond substituents is 1. The van der Waals surface area contributed by atoms with Gasteiger partial charge in [0.1, 0.15) is 5.69 Å². The van der Waals surface area contributed by atoms with Gasteiger partial charge in [0, 0.05) is 0 Å². The molecule has 5 heteroatoms. The maximum Gasteiger partial charge on any atom is 0.159 e. The molecule has 4 nitrogen and oxygen atoms in total. The lowest BCUT2D eigenvalue weighted by Gasteiger charge is -2.09. The molecule has 70 valence electrons. The molecular formula is C8H8BrNO3. The second-order valence-electron chi connectivity index (χ2n) is 2.36. The minimum absolute atomic E-state index is 0.0546. The molecule has 0 radical (unpaired) electrons. The standard InChI is InChI=1S/C8H8BrNO3/c1-13-8-5(9)2-4(3-11)7(12)6(8)10/h2-3,12H,10H2,1H3. The van der Waals surface area contributed by atoms with Crippen LogP contribution in [-0.2, 0) is 0 Å². The number of carbonyl (C=O) groups is 1. The third-order valence-electron chi connectivity index (χ3n) is 1.60. The van der Waals surface area contributed by atoms with Crippen LogP contribution in [0.3, 0.4) is 0 Å². The Bertz CT molecular complexity index is 352. The van der Waals surface area contributed by atoms with Crippen LogP contribution in [0.25, 0.3) is 0 Å². The third kappa shape index (κ3) is 1.60. The molecule has 1 aromatic rings. The molecule has 0 atom stereocenters. The number of carbonyl (C=O) groups excluding carboxylic acids is 1. The number of halogens is 1. The Labute approximate surface area is 83.4 Å². The van der Waals surface area contributed by atoms with Crippen LogP contribution in [0.4, 0.5) is 5.69 Å². The Balaban J connectivity index is 3.45. The molecule has 0 saturated carbocycles. The van der Waals surface area contributed by atoms with Gasteiger partial charge in [-0.15, -0.1) is 0 Å². The van der Waals surface area contributed by atoms with E-state index in [0.29, 0.717) is 16.5 Å². The second kappa shape index (κ2) is 3.66. The highest BCUT2D eigenvalue weighted by atomic mass is 79.9. The number of methoxy groups -OCH3 is 1. The molecule has 1 rings (SSSR count). The molecule has 3 N–H and O–H groups in total. The van der Waals surface area contributed by atoms with Crippen molar-refractivity contribution in [3.8, 4) is 11.5 Å². The largest absolute Gasteiger partial charge is 0.505 e. The summed E-state index contributed by atoms with van der Waals surface area (Å²) in [5.41, 5.74) is 5.69. The fraction of sp³-hybridized carbons (Fsp3) is 0.125. The molecule has 0 spiro atoms. The van der Waals surface area contributed by atoms with Crippen molar-refractivity contribution in [1.82, 2.24) is 0 Å². The molecule has 0 fully saturated rings. The topological polar surface area (TPSA) is 72.5 Å². The van der Waals surface area contributed by atoms with Gasteiger partial charge in [-0.3, -0.25) is 4.79 Å². The number of hydrogen-bond acceptors (Lipinski definition) is 4. The highest BCUT2D eigenvalue weighted by molar-refractivity contribution is 9.10. The summed E-state index contributed by atoms with van der Waals surface area (Å²) in [6, 6.07) is 1.44. The van der Waals surface area contributed by atoms with Crippen LogP contribution in [0, 0.1) is 0 Å². The van der Waals surface area contributed by atoms with Gasteiger partial charge in [0.15, 0.2) is 17.8 Å². The van der Waals surface area contributed by atoms with E-state index in [2.05, 4.69) is 15.9 Å². The van der Waals surface area contributed by atoms with Crippen molar-refractivity contribution in [2.24, 2.45) is 0 Å². The summed E-state index contributed by atoms with van der Waals surface area (Å²) in [6.45, 7) is 0. The van der Waals surface area contributed by atoms with Gasteiger partial charge in [-0.05, 0) is 22.0 Å². The molecule has 1 aromatic carbocycles.